The summed E-state index contributed by atoms with van der Waals surface area (Å²) < 4.78 is 12.1. The summed E-state index contributed by atoms with van der Waals surface area (Å²) in [4.78, 5) is 1.47. The van der Waals surface area contributed by atoms with Crippen LogP contribution >= 0.6 is 0 Å². The molecule has 1 atom stereocenters. The van der Waals surface area contributed by atoms with E-state index in [2.05, 4.69) is 0 Å². The van der Waals surface area contributed by atoms with Crippen molar-refractivity contribution in [2.45, 2.75) is 16.7 Å². The Morgan fingerprint density at radius 2 is 1.31 bits per heavy atom. The van der Waals surface area contributed by atoms with Crippen molar-refractivity contribution in [3.8, 4) is 5.75 Å². The molecule has 0 aliphatic carbocycles. The monoisotopic (exact) mass is 232 g/mol. The lowest BCUT2D eigenvalue weighted by Gasteiger charge is -2.02. The molecule has 0 amide bonds. The molecule has 16 heavy (non-hydrogen) atoms. The van der Waals surface area contributed by atoms with Gasteiger partial charge in [0.25, 0.3) is 0 Å². The smallest absolute Gasteiger partial charge is 0.115 e. The summed E-state index contributed by atoms with van der Waals surface area (Å²) in [7, 11) is -1.17. The molecule has 0 aliphatic heterocycles. The maximum absolute atomic E-state index is 12.1. The van der Waals surface area contributed by atoms with Crippen LogP contribution < -0.4 is 0 Å². The Hall–Kier alpha value is -1.61. The van der Waals surface area contributed by atoms with Gasteiger partial charge in [-0.2, -0.15) is 0 Å². The summed E-state index contributed by atoms with van der Waals surface area (Å²) in [6.07, 6.45) is 0. The first kappa shape index (κ1) is 10.9. The normalized spacial score (nSPS) is 12.3. The van der Waals surface area contributed by atoms with Gasteiger partial charge < -0.3 is 5.11 Å². The molecule has 82 valence electrons. The predicted molar refractivity (Wildman–Crippen MR) is 64.0 cm³/mol. The van der Waals surface area contributed by atoms with Gasteiger partial charge in [-0.3, -0.25) is 0 Å². The molecular weight excluding hydrogens is 220 g/mol. The molecule has 2 rings (SSSR count). The van der Waals surface area contributed by atoms with Crippen LogP contribution in [0.5, 0.6) is 5.75 Å². The van der Waals surface area contributed by atoms with E-state index in [1.54, 1.807) is 24.3 Å². The molecule has 0 aromatic heterocycles. The van der Waals surface area contributed by atoms with Gasteiger partial charge in [-0.05, 0) is 43.3 Å². The van der Waals surface area contributed by atoms with Gasteiger partial charge in [-0.1, -0.05) is 17.7 Å². The Balaban J connectivity index is 2.32. The first-order chi connectivity index (χ1) is 7.66. The minimum absolute atomic E-state index is 0.185. The Bertz CT molecular complexity index is 453. The predicted octanol–water partition coefficient (Wildman–Crippen LogP) is 2.87. The lowest BCUT2D eigenvalue weighted by Crippen LogP contribution is -1.92. The zero-order chi connectivity index (χ0) is 11.5. The van der Waals surface area contributed by atoms with Crippen molar-refractivity contribution in [2.75, 3.05) is 0 Å². The summed E-state index contributed by atoms with van der Waals surface area (Å²) in [5.41, 5.74) is 1.14. The zero-order valence-electron chi connectivity index (χ0n) is 8.88. The van der Waals surface area contributed by atoms with Gasteiger partial charge in [0.15, 0.2) is 0 Å². The Morgan fingerprint density at radius 3 is 1.81 bits per heavy atom. The van der Waals surface area contributed by atoms with Crippen LogP contribution in [-0.2, 0) is 10.8 Å². The first-order valence-corrected chi connectivity index (χ1v) is 6.09. The average molecular weight is 232 g/mol. The summed E-state index contributed by atoms with van der Waals surface area (Å²) in [6.45, 7) is 1.99. The largest absolute Gasteiger partial charge is 0.508 e. The Labute approximate surface area is 97.0 Å². The van der Waals surface area contributed by atoms with Gasteiger partial charge >= 0.3 is 0 Å². The summed E-state index contributed by atoms with van der Waals surface area (Å²) in [5, 5.41) is 9.15. The number of rotatable bonds is 2. The minimum Gasteiger partial charge on any atom is -0.508 e. The topological polar surface area (TPSA) is 37.3 Å². The SMILES string of the molecule is Cc1ccc(S(=O)c2ccc(O)cc2)cc1. The second kappa shape index (κ2) is 4.49. The van der Waals surface area contributed by atoms with E-state index in [0.717, 1.165) is 10.5 Å². The third-order valence-corrected chi connectivity index (χ3v) is 3.69. The highest BCUT2D eigenvalue weighted by Gasteiger charge is 2.06. The molecule has 0 saturated carbocycles. The molecule has 3 heteroatoms. The van der Waals surface area contributed by atoms with Crippen LogP contribution in [-0.4, -0.2) is 9.32 Å². The second-order valence-electron chi connectivity index (χ2n) is 3.58. The van der Waals surface area contributed by atoms with Gasteiger partial charge in [-0.15, -0.1) is 0 Å². The molecule has 0 saturated heterocycles. The van der Waals surface area contributed by atoms with Crippen LogP contribution in [0.1, 0.15) is 5.56 Å². The summed E-state index contributed by atoms with van der Waals surface area (Å²) in [6, 6.07) is 14.0. The Morgan fingerprint density at radius 1 is 0.875 bits per heavy atom. The minimum atomic E-state index is -1.17. The van der Waals surface area contributed by atoms with Gasteiger partial charge in [0.2, 0.25) is 0 Å². The molecule has 0 heterocycles. The highest BCUT2D eigenvalue weighted by Crippen LogP contribution is 2.19. The van der Waals surface area contributed by atoms with E-state index in [9.17, 15) is 4.21 Å². The molecule has 1 unspecified atom stereocenters. The fourth-order valence-electron chi connectivity index (χ4n) is 1.37. The van der Waals surface area contributed by atoms with Crippen LogP contribution in [0.3, 0.4) is 0 Å². The van der Waals surface area contributed by atoms with Crippen molar-refractivity contribution in [2.24, 2.45) is 0 Å². The maximum Gasteiger partial charge on any atom is 0.115 e. The van der Waals surface area contributed by atoms with Gasteiger partial charge in [-0.25, -0.2) is 4.21 Å². The van der Waals surface area contributed by atoms with E-state index in [1.165, 1.54) is 0 Å². The quantitative estimate of drug-likeness (QED) is 0.864. The van der Waals surface area contributed by atoms with E-state index >= 15 is 0 Å². The lowest BCUT2D eigenvalue weighted by molar-refractivity contribution is 0.475. The fraction of sp³-hybridized carbons (Fsp3) is 0.0769. The molecule has 0 spiro atoms. The number of hydrogen-bond donors (Lipinski definition) is 1. The number of phenolic OH excluding ortho intramolecular Hbond substituents is 1. The number of aryl methyl sites for hydroxylation is 1. The van der Waals surface area contributed by atoms with Crippen molar-refractivity contribution in [3.05, 3.63) is 54.1 Å². The molecule has 0 fully saturated rings. The highest BCUT2D eigenvalue weighted by atomic mass is 32.2. The van der Waals surface area contributed by atoms with Crippen LogP contribution in [0.4, 0.5) is 0 Å². The van der Waals surface area contributed by atoms with E-state index in [-0.39, 0.29) is 5.75 Å². The third kappa shape index (κ3) is 2.31. The maximum atomic E-state index is 12.1. The van der Waals surface area contributed by atoms with Crippen LogP contribution in [0.25, 0.3) is 0 Å². The van der Waals surface area contributed by atoms with Crippen molar-refractivity contribution in [3.63, 3.8) is 0 Å². The lowest BCUT2D eigenvalue weighted by atomic mass is 10.2. The molecule has 2 aromatic rings. The molecule has 1 N–H and O–H groups in total. The van der Waals surface area contributed by atoms with Crippen LogP contribution in [0, 0.1) is 6.92 Å². The number of hydrogen-bond acceptors (Lipinski definition) is 2. The van der Waals surface area contributed by atoms with Crippen molar-refractivity contribution in [1.82, 2.24) is 0 Å². The Kier molecular flexibility index (Phi) is 3.06. The average Bonchev–Trinajstić information content (AvgIpc) is 2.30. The van der Waals surface area contributed by atoms with Gasteiger partial charge in [0.1, 0.15) is 5.75 Å². The molecule has 0 radical (unpaired) electrons. The fourth-order valence-corrected chi connectivity index (χ4v) is 2.41. The number of phenols is 1. The van der Waals surface area contributed by atoms with E-state index in [4.69, 9.17) is 5.11 Å². The molecule has 2 aromatic carbocycles. The number of benzene rings is 2. The van der Waals surface area contributed by atoms with Crippen molar-refractivity contribution in [1.29, 1.82) is 0 Å². The standard InChI is InChI=1S/C13H12O2S/c1-10-2-6-12(7-3-10)16(15)13-8-4-11(14)5-9-13/h2-9,14H,1H3. The molecule has 0 aliphatic rings. The zero-order valence-corrected chi connectivity index (χ0v) is 9.70. The van der Waals surface area contributed by atoms with E-state index in [1.807, 2.05) is 31.2 Å². The summed E-state index contributed by atoms with van der Waals surface area (Å²) in [5.74, 6) is 0.185. The molecular formula is C13H12O2S. The van der Waals surface area contributed by atoms with E-state index in [0.29, 0.717) is 4.90 Å². The van der Waals surface area contributed by atoms with Gasteiger partial charge in [0, 0.05) is 9.79 Å². The molecule has 0 bridgehead atoms. The second-order valence-corrected chi connectivity index (χ2v) is 5.06. The van der Waals surface area contributed by atoms with Crippen molar-refractivity contribution < 1.29 is 9.32 Å². The van der Waals surface area contributed by atoms with Gasteiger partial charge in [0.05, 0.1) is 10.8 Å². The highest BCUT2D eigenvalue weighted by molar-refractivity contribution is 7.85. The third-order valence-electron chi connectivity index (χ3n) is 2.29. The van der Waals surface area contributed by atoms with Crippen molar-refractivity contribution >= 4 is 10.8 Å². The van der Waals surface area contributed by atoms with E-state index < -0.39 is 10.8 Å². The molecule has 2 nitrogen and oxygen atoms in total. The van der Waals surface area contributed by atoms with Crippen LogP contribution in [0.2, 0.25) is 0 Å². The number of aromatic hydroxyl groups is 1. The summed E-state index contributed by atoms with van der Waals surface area (Å²) >= 11 is 0. The van der Waals surface area contributed by atoms with Crippen LogP contribution in [0.15, 0.2) is 58.3 Å². The first-order valence-electron chi connectivity index (χ1n) is 4.94.